The standard InChI is InChI=1S/C13H7BrClF2NO3/c14-5-1-9(16)11(17)10(2-5)21-12-7(13(19)20)3-6(18)4-8(12)15/h1-4H,18H2,(H,19,20). The maximum Gasteiger partial charge on any atom is 0.339 e. The summed E-state index contributed by atoms with van der Waals surface area (Å²) >= 11 is 8.85. The van der Waals surface area contributed by atoms with Gasteiger partial charge in [-0.3, -0.25) is 0 Å². The van der Waals surface area contributed by atoms with Gasteiger partial charge in [-0.25, -0.2) is 9.18 Å². The molecule has 0 spiro atoms. The maximum absolute atomic E-state index is 13.7. The molecular formula is C13H7BrClF2NO3. The van der Waals surface area contributed by atoms with E-state index in [1.807, 2.05) is 0 Å². The quantitative estimate of drug-likeness (QED) is 0.611. The lowest BCUT2D eigenvalue weighted by molar-refractivity contribution is 0.0694. The van der Waals surface area contributed by atoms with Crippen LogP contribution in [0.2, 0.25) is 5.02 Å². The predicted molar refractivity (Wildman–Crippen MR) is 77.0 cm³/mol. The molecule has 0 amide bonds. The number of nitrogens with two attached hydrogens (primary N) is 1. The van der Waals surface area contributed by atoms with Gasteiger partial charge in [0.2, 0.25) is 5.82 Å². The predicted octanol–water partition coefficient (Wildman–Crippen LogP) is 4.45. The monoisotopic (exact) mass is 377 g/mol. The number of nitrogen functional groups attached to an aromatic ring is 1. The van der Waals surface area contributed by atoms with E-state index in [-0.39, 0.29) is 26.5 Å². The molecule has 2 aromatic rings. The number of anilines is 1. The van der Waals surface area contributed by atoms with Crippen LogP contribution in [0.4, 0.5) is 14.5 Å². The highest BCUT2D eigenvalue weighted by Crippen LogP contribution is 2.37. The summed E-state index contributed by atoms with van der Waals surface area (Å²) in [5.74, 6) is -4.61. The van der Waals surface area contributed by atoms with Crippen molar-refractivity contribution in [2.45, 2.75) is 0 Å². The first-order valence-corrected chi connectivity index (χ1v) is 6.61. The molecule has 0 radical (unpaired) electrons. The van der Waals surface area contributed by atoms with Gasteiger partial charge in [0, 0.05) is 10.2 Å². The Labute approximate surface area is 131 Å². The largest absolute Gasteiger partial charge is 0.478 e. The first-order chi connectivity index (χ1) is 9.79. The first-order valence-electron chi connectivity index (χ1n) is 5.44. The minimum atomic E-state index is -1.37. The number of hydrogen-bond donors (Lipinski definition) is 2. The number of benzene rings is 2. The topological polar surface area (TPSA) is 72.5 Å². The van der Waals surface area contributed by atoms with E-state index in [4.69, 9.17) is 27.2 Å². The minimum absolute atomic E-state index is 0.102. The van der Waals surface area contributed by atoms with E-state index >= 15 is 0 Å². The third kappa shape index (κ3) is 3.25. The number of aromatic carboxylic acids is 1. The summed E-state index contributed by atoms with van der Waals surface area (Å²) in [5.41, 5.74) is 5.23. The van der Waals surface area contributed by atoms with E-state index < -0.39 is 23.4 Å². The van der Waals surface area contributed by atoms with Crippen LogP contribution in [-0.4, -0.2) is 11.1 Å². The van der Waals surface area contributed by atoms with Crippen LogP contribution in [0, 0.1) is 11.6 Å². The van der Waals surface area contributed by atoms with Crippen molar-refractivity contribution in [3.8, 4) is 11.5 Å². The Hall–Kier alpha value is -1.86. The molecule has 0 atom stereocenters. The second-order valence-electron chi connectivity index (χ2n) is 3.99. The van der Waals surface area contributed by atoms with Crippen LogP contribution in [0.5, 0.6) is 11.5 Å². The Balaban J connectivity index is 2.57. The van der Waals surface area contributed by atoms with Crippen molar-refractivity contribution in [1.29, 1.82) is 0 Å². The summed E-state index contributed by atoms with van der Waals surface area (Å²) in [6.45, 7) is 0. The number of hydrogen-bond acceptors (Lipinski definition) is 3. The molecule has 0 bridgehead atoms. The number of ether oxygens (including phenoxy) is 1. The Morgan fingerprint density at radius 3 is 2.57 bits per heavy atom. The molecule has 0 aromatic heterocycles. The van der Waals surface area contributed by atoms with Gasteiger partial charge in [-0.05, 0) is 24.3 Å². The van der Waals surface area contributed by atoms with E-state index in [0.717, 1.165) is 18.2 Å². The Morgan fingerprint density at radius 1 is 1.29 bits per heavy atom. The van der Waals surface area contributed by atoms with Gasteiger partial charge < -0.3 is 15.6 Å². The van der Waals surface area contributed by atoms with Gasteiger partial charge in [-0.15, -0.1) is 0 Å². The summed E-state index contributed by atoms with van der Waals surface area (Å²) in [6.07, 6.45) is 0. The zero-order valence-corrected chi connectivity index (χ0v) is 12.5. The lowest BCUT2D eigenvalue weighted by atomic mass is 10.1. The fraction of sp³-hybridized carbons (Fsp3) is 0. The van der Waals surface area contributed by atoms with Crippen molar-refractivity contribution in [2.75, 3.05) is 5.73 Å². The minimum Gasteiger partial charge on any atom is -0.478 e. The third-order valence-electron chi connectivity index (χ3n) is 2.47. The maximum atomic E-state index is 13.7. The number of halogens is 4. The molecule has 2 aromatic carbocycles. The van der Waals surface area contributed by atoms with E-state index in [2.05, 4.69) is 15.9 Å². The van der Waals surface area contributed by atoms with Crippen molar-refractivity contribution in [2.24, 2.45) is 0 Å². The van der Waals surface area contributed by atoms with Crippen LogP contribution in [0.15, 0.2) is 28.7 Å². The molecule has 0 aliphatic heterocycles. The van der Waals surface area contributed by atoms with Crippen molar-refractivity contribution >= 4 is 39.2 Å². The Morgan fingerprint density at radius 2 is 1.95 bits per heavy atom. The van der Waals surface area contributed by atoms with Crippen LogP contribution in [0.3, 0.4) is 0 Å². The summed E-state index contributed by atoms with van der Waals surface area (Å²) in [5, 5.41) is 8.97. The van der Waals surface area contributed by atoms with Gasteiger partial charge in [-0.2, -0.15) is 4.39 Å². The van der Waals surface area contributed by atoms with Crippen molar-refractivity contribution < 1.29 is 23.4 Å². The van der Waals surface area contributed by atoms with Gasteiger partial charge in [0.25, 0.3) is 0 Å². The first kappa shape index (κ1) is 15.5. The van der Waals surface area contributed by atoms with Crippen molar-refractivity contribution in [1.82, 2.24) is 0 Å². The second kappa shape index (κ2) is 5.87. The molecule has 0 aliphatic rings. The SMILES string of the molecule is Nc1cc(Cl)c(Oc2cc(Br)cc(F)c2F)c(C(=O)O)c1. The molecule has 0 unspecified atom stereocenters. The average Bonchev–Trinajstić information content (AvgIpc) is 2.37. The molecule has 0 saturated carbocycles. The highest BCUT2D eigenvalue weighted by atomic mass is 79.9. The number of carboxylic acid groups (broad SMARTS) is 1. The zero-order chi connectivity index (χ0) is 15.7. The summed E-state index contributed by atoms with van der Waals surface area (Å²) < 4.78 is 32.3. The molecule has 21 heavy (non-hydrogen) atoms. The van der Waals surface area contributed by atoms with E-state index in [1.165, 1.54) is 6.07 Å². The van der Waals surface area contributed by atoms with Crippen molar-refractivity contribution in [3.05, 3.63) is 51.0 Å². The molecule has 0 fully saturated rings. The Bertz CT molecular complexity index is 740. The third-order valence-corrected chi connectivity index (χ3v) is 3.21. The van der Waals surface area contributed by atoms with Crippen molar-refractivity contribution in [3.63, 3.8) is 0 Å². The molecule has 3 N–H and O–H groups in total. The molecule has 0 saturated heterocycles. The number of carboxylic acids is 1. The Kier molecular flexibility index (Phi) is 4.34. The highest BCUT2D eigenvalue weighted by molar-refractivity contribution is 9.10. The van der Waals surface area contributed by atoms with E-state index in [1.54, 1.807) is 0 Å². The fourth-order valence-corrected chi connectivity index (χ4v) is 2.27. The zero-order valence-electron chi connectivity index (χ0n) is 10.2. The van der Waals surface area contributed by atoms with Crippen LogP contribution >= 0.6 is 27.5 Å². The van der Waals surface area contributed by atoms with E-state index in [9.17, 15) is 13.6 Å². The van der Waals surface area contributed by atoms with Crippen LogP contribution in [0.1, 0.15) is 10.4 Å². The number of rotatable bonds is 3. The molecule has 0 heterocycles. The normalized spacial score (nSPS) is 10.5. The molecule has 8 heteroatoms. The summed E-state index contributed by atoms with van der Waals surface area (Å²) in [7, 11) is 0. The van der Waals surface area contributed by atoms with Crippen LogP contribution in [0.25, 0.3) is 0 Å². The lowest BCUT2D eigenvalue weighted by Crippen LogP contribution is -2.03. The van der Waals surface area contributed by atoms with Gasteiger partial charge >= 0.3 is 5.97 Å². The molecular weight excluding hydrogens is 372 g/mol. The highest BCUT2D eigenvalue weighted by Gasteiger charge is 2.20. The smallest absolute Gasteiger partial charge is 0.339 e. The van der Waals surface area contributed by atoms with E-state index in [0.29, 0.717) is 0 Å². The molecule has 2 rings (SSSR count). The average molecular weight is 379 g/mol. The van der Waals surface area contributed by atoms with Gasteiger partial charge in [-0.1, -0.05) is 27.5 Å². The fourth-order valence-electron chi connectivity index (χ4n) is 1.59. The van der Waals surface area contributed by atoms with Gasteiger partial charge in [0.15, 0.2) is 17.3 Å². The molecule has 4 nitrogen and oxygen atoms in total. The number of carbonyl (C=O) groups is 1. The molecule has 0 aliphatic carbocycles. The second-order valence-corrected chi connectivity index (χ2v) is 5.31. The van der Waals surface area contributed by atoms with Crippen LogP contribution in [-0.2, 0) is 0 Å². The van der Waals surface area contributed by atoms with Gasteiger partial charge in [0.05, 0.1) is 5.02 Å². The lowest BCUT2D eigenvalue weighted by Gasteiger charge is -2.12. The molecule has 110 valence electrons. The van der Waals surface area contributed by atoms with Gasteiger partial charge in [0.1, 0.15) is 5.56 Å². The van der Waals surface area contributed by atoms with Crippen LogP contribution < -0.4 is 10.5 Å². The summed E-state index contributed by atoms with van der Waals surface area (Å²) in [6, 6.07) is 4.41. The summed E-state index contributed by atoms with van der Waals surface area (Å²) in [4.78, 5) is 11.2.